The summed E-state index contributed by atoms with van der Waals surface area (Å²) in [5.41, 5.74) is 1.17. The third-order valence-corrected chi connectivity index (χ3v) is 6.67. The number of amides is 1. The summed E-state index contributed by atoms with van der Waals surface area (Å²) in [5, 5.41) is 4.74. The highest BCUT2D eigenvalue weighted by molar-refractivity contribution is 8.00. The maximum absolute atomic E-state index is 12.5. The molecule has 2 heterocycles. The zero-order chi connectivity index (χ0) is 20.1. The molecule has 7 heteroatoms. The Bertz CT molecular complexity index is 954. The lowest BCUT2D eigenvalue weighted by molar-refractivity contribution is -0.120. The van der Waals surface area contributed by atoms with Gasteiger partial charge < -0.3 is 10.1 Å². The second kappa shape index (κ2) is 9.39. The van der Waals surface area contributed by atoms with E-state index < -0.39 is 0 Å². The van der Waals surface area contributed by atoms with Crippen molar-refractivity contribution in [3.8, 4) is 5.75 Å². The van der Waals surface area contributed by atoms with Crippen LogP contribution in [0.25, 0.3) is 10.2 Å². The fourth-order valence-electron chi connectivity index (χ4n) is 2.80. The molecule has 3 aromatic rings. The quantitative estimate of drug-likeness (QED) is 0.436. The number of carbonyl (C=O) groups is 1. The molecule has 1 unspecified atom stereocenters. The lowest BCUT2D eigenvalue weighted by Gasteiger charge is -2.12. The third-order valence-electron chi connectivity index (χ3n) is 4.40. The van der Waals surface area contributed by atoms with Crippen molar-refractivity contribution in [1.29, 1.82) is 0 Å². The van der Waals surface area contributed by atoms with Crippen molar-refractivity contribution in [2.45, 2.75) is 43.9 Å². The molecule has 0 aliphatic carbocycles. The Morgan fingerprint density at radius 1 is 1.29 bits per heavy atom. The van der Waals surface area contributed by atoms with Crippen LogP contribution in [0.2, 0.25) is 0 Å². The van der Waals surface area contributed by atoms with Crippen molar-refractivity contribution in [2.75, 3.05) is 13.7 Å². The van der Waals surface area contributed by atoms with Gasteiger partial charge in [-0.2, -0.15) is 0 Å². The van der Waals surface area contributed by atoms with Crippen LogP contribution in [0.5, 0.6) is 5.75 Å². The molecule has 0 fully saturated rings. The number of aromatic nitrogens is 2. The first-order chi connectivity index (χ1) is 13.5. The standard InChI is InChI=1S/C21H25N3O2S2/c1-5-17-12-18-20(23-14(3)24-21(18)28-17)27-13(2)19(25)22-11-10-15-6-8-16(26-4)9-7-15/h6-9,12-13H,5,10-11H2,1-4H3,(H,22,25). The summed E-state index contributed by atoms with van der Waals surface area (Å²) >= 11 is 3.20. The number of carbonyl (C=O) groups excluding carboxylic acids is 1. The zero-order valence-electron chi connectivity index (χ0n) is 16.6. The molecule has 1 atom stereocenters. The van der Waals surface area contributed by atoms with Crippen LogP contribution in [0, 0.1) is 6.92 Å². The molecule has 0 spiro atoms. The van der Waals surface area contributed by atoms with Gasteiger partial charge in [0.2, 0.25) is 5.91 Å². The second-order valence-electron chi connectivity index (χ2n) is 6.51. The molecular formula is C21H25N3O2S2. The van der Waals surface area contributed by atoms with Gasteiger partial charge in [0.05, 0.1) is 12.4 Å². The van der Waals surface area contributed by atoms with E-state index in [1.165, 1.54) is 22.2 Å². The third kappa shape index (κ3) is 5.02. The molecule has 5 nitrogen and oxygen atoms in total. The predicted octanol–water partition coefficient (Wildman–Crippen LogP) is 4.41. The number of aryl methyl sites for hydroxylation is 2. The average molecular weight is 416 g/mol. The van der Waals surface area contributed by atoms with Crippen LogP contribution in [0.1, 0.15) is 30.1 Å². The molecule has 2 aromatic heterocycles. The Hall–Kier alpha value is -2.12. The van der Waals surface area contributed by atoms with Crippen LogP contribution in [-0.2, 0) is 17.6 Å². The number of thiophene rings is 1. The highest BCUT2D eigenvalue weighted by Crippen LogP contribution is 2.33. The van der Waals surface area contributed by atoms with Gasteiger partial charge in [-0.15, -0.1) is 11.3 Å². The molecule has 3 rings (SSSR count). The van der Waals surface area contributed by atoms with Crippen LogP contribution < -0.4 is 10.1 Å². The number of thioether (sulfide) groups is 1. The van der Waals surface area contributed by atoms with E-state index in [2.05, 4.69) is 28.3 Å². The minimum absolute atomic E-state index is 0.0221. The van der Waals surface area contributed by atoms with Crippen molar-refractivity contribution in [2.24, 2.45) is 0 Å². The summed E-state index contributed by atoms with van der Waals surface area (Å²) in [6.07, 6.45) is 1.76. The Kier molecular flexibility index (Phi) is 6.91. The summed E-state index contributed by atoms with van der Waals surface area (Å²) in [5.74, 6) is 1.60. The van der Waals surface area contributed by atoms with E-state index in [1.54, 1.807) is 18.4 Å². The largest absolute Gasteiger partial charge is 0.497 e. The van der Waals surface area contributed by atoms with Crippen LogP contribution >= 0.6 is 23.1 Å². The number of nitrogens with one attached hydrogen (secondary N) is 1. The van der Waals surface area contributed by atoms with Crippen molar-refractivity contribution >= 4 is 39.2 Å². The first kappa shape index (κ1) is 20.6. The number of methoxy groups -OCH3 is 1. The molecule has 1 N–H and O–H groups in total. The summed E-state index contributed by atoms with van der Waals surface area (Å²) in [6.45, 7) is 6.56. The van der Waals surface area contributed by atoms with Gasteiger partial charge >= 0.3 is 0 Å². The summed E-state index contributed by atoms with van der Waals surface area (Å²) in [4.78, 5) is 23.9. The van der Waals surface area contributed by atoms with Gasteiger partial charge in [-0.25, -0.2) is 9.97 Å². The molecule has 0 saturated carbocycles. The van der Waals surface area contributed by atoms with Gasteiger partial charge in [-0.1, -0.05) is 30.8 Å². The van der Waals surface area contributed by atoms with Crippen molar-refractivity contribution in [3.05, 3.63) is 46.6 Å². The molecular weight excluding hydrogens is 390 g/mol. The van der Waals surface area contributed by atoms with Gasteiger partial charge in [0.15, 0.2) is 0 Å². The van der Waals surface area contributed by atoms with Crippen LogP contribution in [0.3, 0.4) is 0 Å². The minimum atomic E-state index is -0.224. The van der Waals surface area contributed by atoms with E-state index in [0.717, 1.165) is 39.7 Å². The van der Waals surface area contributed by atoms with Gasteiger partial charge in [-0.3, -0.25) is 4.79 Å². The van der Waals surface area contributed by atoms with Gasteiger partial charge in [0.25, 0.3) is 0 Å². The fourth-order valence-corrected chi connectivity index (χ4v) is 4.87. The molecule has 0 radical (unpaired) electrons. The first-order valence-corrected chi connectivity index (χ1v) is 11.0. The highest BCUT2D eigenvalue weighted by Gasteiger charge is 2.18. The second-order valence-corrected chi connectivity index (χ2v) is 8.95. The van der Waals surface area contributed by atoms with E-state index in [1.807, 2.05) is 38.1 Å². The van der Waals surface area contributed by atoms with Crippen LogP contribution in [0.15, 0.2) is 35.4 Å². The summed E-state index contributed by atoms with van der Waals surface area (Å²) in [7, 11) is 1.65. The average Bonchev–Trinajstić information content (AvgIpc) is 3.11. The maximum Gasteiger partial charge on any atom is 0.233 e. The van der Waals surface area contributed by atoms with Crippen molar-refractivity contribution < 1.29 is 9.53 Å². The lowest BCUT2D eigenvalue weighted by atomic mass is 10.1. The Labute approximate surface area is 173 Å². The SMILES string of the molecule is CCc1cc2c(SC(C)C(=O)NCCc3ccc(OC)cc3)nc(C)nc2s1. The number of benzene rings is 1. The lowest BCUT2D eigenvalue weighted by Crippen LogP contribution is -2.32. The topological polar surface area (TPSA) is 64.1 Å². The first-order valence-electron chi connectivity index (χ1n) is 9.34. The van der Waals surface area contributed by atoms with E-state index in [-0.39, 0.29) is 11.2 Å². The maximum atomic E-state index is 12.5. The highest BCUT2D eigenvalue weighted by atomic mass is 32.2. The molecule has 28 heavy (non-hydrogen) atoms. The summed E-state index contributed by atoms with van der Waals surface area (Å²) < 4.78 is 5.17. The number of rotatable bonds is 8. The fraction of sp³-hybridized carbons (Fsp3) is 0.381. The molecule has 0 saturated heterocycles. The van der Waals surface area contributed by atoms with Crippen molar-refractivity contribution in [1.82, 2.24) is 15.3 Å². The van der Waals surface area contributed by atoms with E-state index in [0.29, 0.717) is 6.54 Å². The predicted molar refractivity (Wildman–Crippen MR) is 117 cm³/mol. The monoisotopic (exact) mass is 415 g/mol. The molecule has 1 aromatic carbocycles. The zero-order valence-corrected chi connectivity index (χ0v) is 18.2. The van der Waals surface area contributed by atoms with Gasteiger partial charge in [0.1, 0.15) is 21.4 Å². The van der Waals surface area contributed by atoms with E-state index in [4.69, 9.17) is 4.74 Å². The van der Waals surface area contributed by atoms with Crippen LogP contribution in [-0.4, -0.2) is 34.8 Å². The van der Waals surface area contributed by atoms with E-state index >= 15 is 0 Å². The molecule has 0 bridgehead atoms. The van der Waals surface area contributed by atoms with Crippen molar-refractivity contribution in [3.63, 3.8) is 0 Å². The summed E-state index contributed by atoms with van der Waals surface area (Å²) in [6, 6.07) is 10.1. The van der Waals surface area contributed by atoms with E-state index in [9.17, 15) is 4.79 Å². The number of nitrogens with zero attached hydrogens (tertiary/aromatic N) is 2. The molecule has 1 amide bonds. The molecule has 0 aliphatic rings. The Morgan fingerprint density at radius 3 is 2.71 bits per heavy atom. The smallest absolute Gasteiger partial charge is 0.233 e. The Balaban J connectivity index is 1.59. The minimum Gasteiger partial charge on any atom is -0.497 e. The number of hydrogen-bond acceptors (Lipinski definition) is 6. The number of ether oxygens (including phenoxy) is 1. The van der Waals surface area contributed by atoms with Crippen LogP contribution in [0.4, 0.5) is 0 Å². The van der Waals surface area contributed by atoms with Gasteiger partial charge in [0, 0.05) is 16.8 Å². The molecule has 148 valence electrons. The van der Waals surface area contributed by atoms with Gasteiger partial charge in [-0.05, 0) is 50.5 Å². The molecule has 0 aliphatic heterocycles. The number of hydrogen-bond donors (Lipinski definition) is 1. The number of fused-ring (bicyclic) bond motifs is 1. The Morgan fingerprint density at radius 2 is 2.04 bits per heavy atom. The normalized spacial score (nSPS) is 12.1.